The first-order chi connectivity index (χ1) is 19.3. The summed E-state index contributed by atoms with van der Waals surface area (Å²) >= 11 is 6.51. The maximum absolute atomic E-state index is 14.9. The number of halogens is 1. The third-order valence-electron chi connectivity index (χ3n) is 8.55. The van der Waals surface area contributed by atoms with Gasteiger partial charge in [-0.3, -0.25) is 14.4 Å². The highest BCUT2D eigenvalue weighted by molar-refractivity contribution is 6.31. The topological polar surface area (TPSA) is 80.1 Å². The number of carbonyl (C=O) groups is 2. The first kappa shape index (κ1) is 25.1. The Bertz CT molecular complexity index is 1790. The van der Waals surface area contributed by atoms with E-state index in [2.05, 4.69) is 0 Å². The fraction of sp³-hybridized carbons (Fsp3) is 0.281. The van der Waals surface area contributed by atoms with Gasteiger partial charge in [-0.25, -0.2) is 0 Å². The molecule has 4 aromatic rings. The van der Waals surface area contributed by atoms with Crippen molar-refractivity contribution in [2.24, 2.45) is 0 Å². The van der Waals surface area contributed by atoms with Crippen molar-refractivity contribution in [1.29, 1.82) is 0 Å². The Labute approximate surface area is 235 Å². The summed E-state index contributed by atoms with van der Waals surface area (Å²) < 4.78 is 12.1. The number of aryl methyl sites for hydroxylation is 2. The number of ether oxygens (including phenoxy) is 1. The molecule has 7 rings (SSSR count). The number of hydrogen-bond acceptors (Lipinski definition) is 5. The highest BCUT2D eigenvalue weighted by Gasteiger charge is 2.65. The molecule has 0 N–H and O–H groups in total. The number of benzene rings is 3. The van der Waals surface area contributed by atoms with Crippen molar-refractivity contribution >= 4 is 40.1 Å². The number of anilines is 1. The van der Waals surface area contributed by atoms with Crippen LogP contribution in [-0.2, 0) is 21.6 Å². The molecule has 8 heteroatoms. The number of amides is 2. The Morgan fingerprint density at radius 2 is 1.75 bits per heavy atom. The minimum absolute atomic E-state index is 0.0744. The van der Waals surface area contributed by atoms with Gasteiger partial charge in [0.25, 0.3) is 11.8 Å². The number of nitrogens with zero attached hydrogens (tertiary/aromatic N) is 2. The number of hydrogen-bond donors (Lipinski definition) is 0. The lowest BCUT2D eigenvalue weighted by atomic mass is 9.83. The van der Waals surface area contributed by atoms with Gasteiger partial charge in [0.2, 0.25) is 5.76 Å². The first-order valence-corrected chi connectivity index (χ1v) is 13.9. The molecule has 3 aliphatic heterocycles. The normalized spacial score (nSPS) is 21.6. The molecule has 4 heterocycles. The fourth-order valence-electron chi connectivity index (χ4n) is 6.44. The van der Waals surface area contributed by atoms with Crippen molar-refractivity contribution in [2.75, 3.05) is 18.1 Å². The van der Waals surface area contributed by atoms with Crippen molar-refractivity contribution in [2.45, 2.75) is 44.9 Å². The molecule has 3 aliphatic rings. The molecule has 2 unspecified atom stereocenters. The SMILES string of the molecule is Cc1cc2oc3c(c(=O)c2cc1C)C1(C(=O)N(Cc2ccccc2Cl)c2ccccc21)N(CC1CCCO1)C3=O. The molecule has 1 spiro atoms. The summed E-state index contributed by atoms with van der Waals surface area (Å²) in [5.74, 6) is -0.943. The van der Waals surface area contributed by atoms with Crippen molar-refractivity contribution in [3.05, 3.63) is 109 Å². The van der Waals surface area contributed by atoms with Crippen molar-refractivity contribution in [3.63, 3.8) is 0 Å². The molecule has 0 radical (unpaired) electrons. The van der Waals surface area contributed by atoms with E-state index in [0.29, 0.717) is 33.8 Å². The van der Waals surface area contributed by atoms with Crippen LogP contribution in [0.2, 0.25) is 5.02 Å². The van der Waals surface area contributed by atoms with Crippen LogP contribution < -0.4 is 10.3 Å². The molecule has 7 nitrogen and oxygen atoms in total. The lowest BCUT2D eigenvalue weighted by molar-refractivity contribution is -0.126. The van der Waals surface area contributed by atoms with Gasteiger partial charge in [0.1, 0.15) is 5.58 Å². The summed E-state index contributed by atoms with van der Waals surface area (Å²) in [5, 5.41) is 0.882. The smallest absolute Gasteiger partial charge is 0.291 e. The van der Waals surface area contributed by atoms with Gasteiger partial charge in [-0.15, -0.1) is 0 Å². The molecule has 202 valence electrons. The molecule has 2 atom stereocenters. The third kappa shape index (κ3) is 3.37. The molecule has 1 aromatic heterocycles. The predicted octanol–water partition coefficient (Wildman–Crippen LogP) is 5.49. The molecule has 0 bridgehead atoms. The summed E-state index contributed by atoms with van der Waals surface area (Å²) in [5.41, 5.74) is 2.20. The van der Waals surface area contributed by atoms with Gasteiger partial charge < -0.3 is 19.0 Å². The summed E-state index contributed by atoms with van der Waals surface area (Å²) in [4.78, 5) is 46.6. The van der Waals surface area contributed by atoms with Gasteiger partial charge in [0.15, 0.2) is 11.0 Å². The largest absolute Gasteiger partial charge is 0.450 e. The highest BCUT2D eigenvalue weighted by Crippen LogP contribution is 2.53. The second kappa shape index (κ2) is 9.04. The summed E-state index contributed by atoms with van der Waals surface area (Å²) in [7, 11) is 0. The van der Waals surface area contributed by atoms with Crippen LogP contribution in [0.5, 0.6) is 0 Å². The first-order valence-electron chi connectivity index (χ1n) is 13.5. The molecular weight excluding hydrogens is 528 g/mol. The summed E-state index contributed by atoms with van der Waals surface area (Å²) in [6.07, 6.45) is 1.38. The van der Waals surface area contributed by atoms with Gasteiger partial charge in [0.05, 0.1) is 29.3 Å². The number of para-hydroxylation sites is 1. The molecule has 1 saturated heterocycles. The maximum atomic E-state index is 14.9. The minimum atomic E-state index is -1.68. The Balaban J connectivity index is 1.51. The fourth-order valence-corrected chi connectivity index (χ4v) is 6.64. The van der Waals surface area contributed by atoms with Crippen LogP contribution in [-0.4, -0.2) is 36.0 Å². The zero-order valence-electron chi connectivity index (χ0n) is 22.2. The van der Waals surface area contributed by atoms with Gasteiger partial charge in [-0.1, -0.05) is 48.0 Å². The van der Waals surface area contributed by atoms with Crippen LogP contribution in [0.3, 0.4) is 0 Å². The standard InChI is InChI=1S/C32H27ClN2O5/c1-18-14-22-26(15-19(18)2)40-29-27(28(22)36)32(35(30(29)37)17-21-9-7-13-39-21)23-10-4-6-12-25(23)34(31(32)38)16-20-8-3-5-11-24(20)33/h3-6,8,10-12,14-15,21H,7,9,13,16-17H2,1-2H3. The third-order valence-corrected chi connectivity index (χ3v) is 8.92. The van der Waals surface area contributed by atoms with E-state index < -0.39 is 11.4 Å². The Hall–Kier alpha value is -3.94. The molecule has 0 saturated carbocycles. The van der Waals surface area contributed by atoms with E-state index in [9.17, 15) is 14.4 Å². The van der Waals surface area contributed by atoms with E-state index in [4.69, 9.17) is 20.8 Å². The molecule has 40 heavy (non-hydrogen) atoms. The quantitative estimate of drug-likeness (QED) is 0.333. The predicted molar refractivity (Wildman–Crippen MR) is 152 cm³/mol. The zero-order valence-corrected chi connectivity index (χ0v) is 23.0. The number of fused-ring (bicyclic) bond motifs is 5. The number of rotatable bonds is 4. The van der Waals surface area contributed by atoms with Crippen molar-refractivity contribution in [1.82, 2.24) is 4.90 Å². The Kier molecular flexibility index (Phi) is 5.67. The summed E-state index contributed by atoms with van der Waals surface area (Å²) in [6.45, 7) is 4.80. The maximum Gasteiger partial charge on any atom is 0.291 e. The van der Waals surface area contributed by atoms with Crippen LogP contribution in [0.25, 0.3) is 11.0 Å². The second-order valence-electron chi connectivity index (χ2n) is 10.8. The Morgan fingerprint density at radius 1 is 1.00 bits per heavy atom. The van der Waals surface area contributed by atoms with Gasteiger partial charge in [-0.2, -0.15) is 0 Å². The average Bonchev–Trinajstić information content (AvgIpc) is 3.61. The lowest BCUT2D eigenvalue weighted by Gasteiger charge is -2.35. The average molecular weight is 555 g/mol. The van der Waals surface area contributed by atoms with Gasteiger partial charge >= 0.3 is 0 Å². The zero-order chi connectivity index (χ0) is 27.8. The van der Waals surface area contributed by atoms with E-state index in [1.165, 1.54) is 4.90 Å². The molecule has 2 amide bonds. The summed E-state index contributed by atoms with van der Waals surface area (Å²) in [6, 6.07) is 18.3. The van der Waals surface area contributed by atoms with E-state index in [1.54, 1.807) is 23.1 Å². The minimum Gasteiger partial charge on any atom is -0.450 e. The molecular formula is C32H27ClN2O5. The van der Waals surface area contributed by atoms with E-state index >= 15 is 0 Å². The number of carbonyl (C=O) groups excluding carboxylic acids is 2. The van der Waals surface area contributed by atoms with Crippen LogP contribution >= 0.6 is 11.6 Å². The second-order valence-corrected chi connectivity index (χ2v) is 11.2. The van der Waals surface area contributed by atoms with Crippen LogP contribution in [0, 0.1) is 13.8 Å². The van der Waals surface area contributed by atoms with E-state index in [-0.39, 0.29) is 41.9 Å². The van der Waals surface area contributed by atoms with Crippen LogP contribution in [0.4, 0.5) is 5.69 Å². The van der Waals surface area contributed by atoms with Crippen LogP contribution in [0.15, 0.2) is 69.9 Å². The molecule has 0 aliphatic carbocycles. The monoisotopic (exact) mass is 554 g/mol. The lowest BCUT2D eigenvalue weighted by Crippen LogP contribution is -2.55. The molecule has 3 aromatic carbocycles. The van der Waals surface area contributed by atoms with Crippen LogP contribution in [0.1, 0.15) is 51.2 Å². The highest BCUT2D eigenvalue weighted by atomic mass is 35.5. The van der Waals surface area contributed by atoms with E-state index in [0.717, 1.165) is 29.5 Å². The molecule has 1 fully saturated rings. The Morgan fingerprint density at radius 3 is 2.52 bits per heavy atom. The van der Waals surface area contributed by atoms with Crippen molar-refractivity contribution in [3.8, 4) is 0 Å². The van der Waals surface area contributed by atoms with Gasteiger partial charge in [0, 0.05) is 23.7 Å². The van der Waals surface area contributed by atoms with Crippen molar-refractivity contribution < 1.29 is 18.7 Å². The van der Waals surface area contributed by atoms with E-state index in [1.807, 2.05) is 56.3 Å². The van der Waals surface area contributed by atoms with Gasteiger partial charge in [-0.05, 0) is 67.6 Å².